The molecule has 0 saturated carbocycles. The molecule has 0 radical (unpaired) electrons. The van der Waals surface area contributed by atoms with E-state index in [4.69, 9.17) is 21.1 Å². The second kappa shape index (κ2) is 9.26. The van der Waals surface area contributed by atoms with Gasteiger partial charge in [-0.3, -0.25) is 4.79 Å². The SMILES string of the molecule is Cc1ccc(OC(C)C(=O)Oc2ccc(C(=O)Nc3ccc(Cl)cc3)cc2)cc1. The number of esters is 1. The number of carbonyl (C=O) groups excluding carboxylic acids is 2. The Kier molecular flexibility index (Phi) is 6.52. The number of ether oxygens (including phenoxy) is 2. The third kappa shape index (κ3) is 5.83. The van der Waals surface area contributed by atoms with Crippen molar-refractivity contribution >= 4 is 29.2 Å². The summed E-state index contributed by atoms with van der Waals surface area (Å²) in [6.07, 6.45) is -0.773. The molecule has 3 rings (SSSR count). The zero-order chi connectivity index (χ0) is 20.8. The monoisotopic (exact) mass is 409 g/mol. The zero-order valence-electron chi connectivity index (χ0n) is 16.0. The Morgan fingerprint density at radius 3 is 2.07 bits per heavy atom. The molecule has 0 aromatic heterocycles. The van der Waals surface area contributed by atoms with Gasteiger partial charge in [-0.05, 0) is 74.5 Å². The Morgan fingerprint density at radius 2 is 1.45 bits per heavy atom. The first kappa shape index (κ1) is 20.4. The first-order chi connectivity index (χ1) is 13.9. The molecule has 1 atom stereocenters. The molecule has 6 heteroatoms. The lowest BCUT2D eigenvalue weighted by molar-refractivity contribution is -0.141. The number of rotatable bonds is 6. The van der Waals surface area contributed by atoms with Crippen LogP contribution < -0.4 is 14.8 Å². The second-order valence-electron chi connectivity index (χ2n) is 6.48. The lowest BCUT2D eigenvalue weighted by atomic mass is 10.2. The van der Waals surface area contributed by atoms with Gasteiger partial charge in [0, 0.05) is 16.3 Å². The van der Waals surface area contributed by atoms with Gasteiger partial charge in [0.1, 0.15) is 11.5 Å². The maximum Gasteiger partial charge on any atom is 0.352 e. The Bertz CT molecular complexity index is 983. The highest BCUT2D eigenvalue weighted by Gasteiger charge is 2.17. The number of benzene rings is 3. The lowest BCUT2D eigenvalue weighted by Gasteiger charge is -2.14. The van der Waals surface area contributed by atoms with Crippen molar-refractivity contribution in [2.45, 2.75) is 20.0 Å². The summed E-state index contributed by atoms with van der Waals surface area (Å²) in [6.45, 7) is 3.59. The van der Waals surface area contributed by atoms with E-state index >= 15 is 0 Å². The van der Waals surface area contributed by atoms with E-state index in [9.17, 15) is 9.59 Å². The van der Waals surface area contributed by atoms with Gasteiger partial charge in [-0.15, -0.1) is 0 Å². The van der Waals surface area contributed by atoms with Gasteiger partial charge in [-0.1, -0.05) is 29.3 Å². The fourth-order valence-corrected chi connectivity index (χ4v) is 2.61. The van der Waals surface area contributed by atoms with Crippen LogP contribution in [0, 0.1) is 6.92 Å². The normalized spacial score (nSPS) is 11.4. The highest BCUT2D eigenvalue weighted by Crippen LogP contribution is 2.18. The molecular weight excluding hydrogens is 390 g/mol. The van der Waals surface area contributed by atoms with Gasteiger partial charge < -0.3 is 14.8 Å². The average Bonchev–Trinajstić information content (AvgIpc) is 2.72. The highest BCUT2D eigenvalue weighted by atomic mass is 35.5. The molecule has 0 aliphatic heterocycles. The molecule has 0 aliphatic carbocycles. The van der Waals surface area contributed by atoms with Crippen LogP contribution in [0.3, 0.4) is 0 Å². The molecule has 3 aromatic rings. The molecule has 0 aliphatic rings. The second-order valence-corrected chi connectivity index (χ2v) is 6.92. The first-order valence-electron chi connectivity index (χ1n) is 9.03. The predicted molar refractivity (Wildman–Crippen MR) is 113 cm³/mol. The molecule has 29 heavy (non-hydrogen) atoms. The fraction of sp³-hybridized carbons (Fsp3) is 0.130. The summed E-state index contributed by atoms with van der Waals surface area (Å²) in [7, 11) is 0. The molecule has 1 unspecified atom stereocenters. The topological polar surface area (TPSA) is 64.6 Å². The highest BCUT2D eigenvalue weighted by molar-refractivity contribution is 6.30. The Balaban J connectivity index is 1.56. The first-order valence-corrected chi connectivity index (χ1v) is 9.40. The number of aryl methyl sites for hydroxylation is 1. The molecule has 0 heterocycles. The summed E-state index contributed by atoms with van der Waals surface area (Å²) < 4.78 is 10.9. The molecule has 1 amide bonds. The standard InChI is InChI=1S/C23H20ClNO4/c1-15-3-11-20(12-4-15)28-16(2)23(27)29-21-13-5-17(6-14-21)22(26)25-19-9-7-18(24)8-10-19/h3-14,16H,1-2H3,(H,25,26). The van der Waals surface area contributed by atoms with Crippen LogP contribution in [-0.4, -0.2) is 18.0 Å². The maximum atomic E-state index is 12.3. The molecule has 0 bridgehead atoms. The van der Waals surface area contributed by atoms with Gasteiger partial charge in [0.15, 0.2) is 6.10 Å². The Labute approximate surface area is 174 Å². The molecule has 3 aromatic carbocycles. The Hall–Kier alpha value is -3.31. The van der Waals surface area contributed by atoms with Crippen molar-refractivity contribution in [3.05, 3.63) is 88.9 Å². The average molecular weight is 410 g/mol. The van der Waals surface area contributed by atoms with E-state index in [1.54, 1.807) is 67.6 Å². The minimum Gasteiger partial charge on any atom is -0.479 e. The van der Waals surface area contributed by atoms with Gasteiger partial charge in [0.2, 0.25) is 0 Å². The van der Waals surface area contributed by atoms with Gasteiger partial charge >= 0.3 is 5.97 Å². The van der Waals surface area contributed by atoms with Crippen LogP contribution in [0.2, 0.25) is 5.02 Å². The molecule has 0 saturated heterocycles. The summed E-state index contributed by atoms with van der Waals surface area (Å²) in [4.78, 5) is 24.5. The number of anilines is 1. The summed E-state index contributed by atoms with van der Waals surface area (Å²) in [5.74, 6) is 0.122. The van der Waals surface area contributed by atoms with Crippen LogP contribution in [0.5, 0.6) is 11.5 Å². The minimum atomic E-state index is -0.773. The van der Waals surface area contributed by atoms with Gasteiger partial charge in [0.25, 0.3) is 5.91 Å². The molecule has 0 spiro atoms. The molecule has 5 nitrogen and oxygen atoms in total. The third-order valence-electron chi connectivity index (χ3n) is 4.10. The van der Waals surface area contributed by atoms with Gasteiger partial charge in [0.05, 0.1) is 0 Å². The van der Waals surface area contributed by atoms with Crippen molar-refractivity contribution in [1.29, 1.82) is 0 Å². The number of hydrogen-bond donors (Lipinski definition) is 1. The van der Waals surface area contributed by atoms with Crippen molar-refractivity contribution in [3.8, 4) is 11.5 Å². The zero-order valence-corrected chi connectivity index (χ0v) is 16.8. The van der Waals surface area contributed by atoms with Crippen molar-refractivity contribution in [3.63, 3.8) is 0 Å². The van der Waals surface area contributed by atoms with Crippen molar-refractivity contribution < 1.29 is 19.1 Å². The summed E-state index contributed by atoms with van der Waals surface area (Å²) >= 11 is 5.83. The van der Waals surface area contributed by atoms with Crippen molar-refractivity contribution in [2.75, 3.05) is 5.32 Å². The number of carbonyl (C=O) groups is 2. The van der Waals surface area contributed by atoms with Crippen LogP contribution in [0.15, 0.2) is 72.8 Å². The van der Waals surface area contributed by atoms with Crippen LogP contribution in [0.1, 0.15) is 22.8 Å². The molecule has 1 N–H and O–H groups in total. The third-order valence-corrected chi connectivity index (χ3v) is 4.35. The molecular formula is C23H20ClNO4. The van der Waals surface area contributed by atoms with Gasteiger partial charge in [-0.25, -0.2) is 4.79 Å². The van der Waals surface area contributed by atoms with Crippen LogP contribution in [-0.2, 0) is 4.79 Å². The Morgan fingerprint density at radius 1 is 0.862 bits per heavy atom. The van der Waals surface area contributed by atoms with E-state index < -0.39 is 12.1 Å². The smallest absolute Gasteiger partial charge is 0.352 e. The summed E-state index contributed by atoms with van der Waals surface area (Å²) in [5, 5.41) is 3.36. The number of hydrogen-bond acceptors (Lipinski definition) is 4. The van der Waals surface area contributed by atoms with Gasteiger partial charge in [-0.2, -0.15) is 0 Å². The van der Waals surface area contributed by atoms with E-state index in [0.29, 0.717) is 27.8 Å². The number of nitrogens with one attached hydrogen (secondary N) is 1. The van der Waals surface area contributed by atoms with E-state index in [-0.39, 0.29) is 5.91 Å². The maximum absolute atomic E-state index is 12.3. The summed E-state index contributed by atoms with van der Waals surface area (Å²) in [5.41, 5.74) is 2.17. The number of halogens is 1. The van der Waals surface area contributed by atoms with E-state index in [1.165, 1.54) is 0 Å². The quantitative estimate of drug-likeness (QED) is 0.444. The lowest BCUT2D eigenvalue weighted by Crippen LogP contribution is -2.28. The number of amides is 1. The van der Waals surface area contributed by atoms with E-state index in [0.717, 1.165) is 5.56 Å². The summed E-state index contributed by atoms with van der Waals surface area (Å²) in [6, 6.07) is 20.5. The van der Waals surface area contributed by atoms with Crippen molar-refractivity contribution in [1.82, 2.24) is 0 Å². The minimum absolute atomic E-state index is 0.277. The van der Waals surface area contributed by atoms with E-state index in [2.05, 4.69) is 5.32 Å². The van der Waals surface area contributed by atoms with Crippen LogP contribution in [0.4, 0.5) is 5.69 Å². The predicted octanol–water partition coefficient (Wildman–Crippen LogP) is 5.27. The molecule has 148 valence electrons. The van der Waals surface area contributed by atoms with E-state index in [1.807, 2.05) is 19.1 Å². The molecule has 0 fully saturated rings. The van der Waals surface area contributed by atoms with Crippen LogP contribution >= 0.6 is 11.6 Å². The largest absolute Gasteiger partial charge is 0.479 e. The van der Waals surface area contributed by atoms with Crippen molar-refractivity contribution in [2.24, 2.45) is 0 Å². The fourth-order valence-electron chi connectivity index (χ4n) is 2.48. The van der Waals surface area contributed by atoms with Crippen LogP contribution in [0.25, 0.3) is 0 Å².